The number of nitrogens with zero attached hydrogens (tertiary/aromatic N) is 5. The molecule has 9 heteroatoms. The van der Waals surface area contributed by atoms with Gasteiger partial charge in [0, 0.05) is 25.5 Å². The molecule has 9 nitrogen and oxygen atoms in total. The molecule has 2 rings (SSSR count). The van der Waals surface area contributed by atoms with Crippen molar-refractivity contribution in [3.63, 3.8) is 0 Å². The van der Waals surface area contributed by atoms with Crippen molar-refractivity contribution in [1.82, 2.24) is 30.1 Å². The summed E-state index contributed by atoms with van der Waals surface area (Å²) < 4.78 is 2.97. The van der Waals surface area contributed by atoms with Crippen LogP contribution in [0.15, 0.2) is 24.7 Å². The molecule has 106 valence electrons. The third-order valence-electron chi connectivity index (χ3n) is 2.51. The standard InChI is InChI=1S/C11H14N6O3/c18-10(8-17-7-9(11(19)20)14-15-17)12-3-1-5-16-6-2-4-13-16/h2,4,6-7H,1,3,5,8H2,(H,12,18)(H,19,20). The fourth-order valence-electron chi connectivity index (χ4n) is 1.58. The number of amides is 1. The van der Waals surface area contributed by atoms with Gasteiger partial charge in [-0.15, -0.1) is 5.10 Å². The molecule has 0 saturated carbocycles. The van der Waals surface area contributed by atoms with Gasteiger partial charge >= 0.3 is 5.97 Å². The van der Waals surface area contributed by atoms with E-state index in [0.717, 1.165) is 13.0 Å². The molecule has 2 heterocycles. The van der Waals surface area contributed by atoms with Crippen molar-refractivity contribution in [2.45, 2.75) is 19.5 Å². The summed E-state index contributed by atoms with van der Waals surface area (Å²) in [6.45, 7) is 1.18. The van der Waals surface area contributed by atoms with Crippen molar-refractivity contribution >= 4 is 11.9 Å². The van der Waals surface area contributed by atoms with Crippen molar-refractivity contribution < 1.29 is 14.7 Å². The Bertz CT molecular complexity index is 577. The van der Waals surface area contributed by atoms with Crippen LogP contribution < -0.4 is 5.32 Å². The molecule has 0 aliphatic rings. The van der Waals surface area contributed by atoms with E-state index in [9.17, 15) is 9.59 Å². The normalized spacial score (nSPS) is 10.4. The SMILES string of the molecule is O=C(Cn1cc(C(=O)O)nn1)NCCCn1cccn1. The number of carboxylic acids is 1. The van der Waals surface area contributed by atoms with Gasteiger partial charge in [0.05, 0.1) is 6.20 Å². The highest BCUT2D eigenvalue weighted by atomic mass is 16.4. The van der Waals surface area contributed by atoms with E-state index in [0.29, 0.717) is 6.54 Å². The highest BCUT2D eigenvalue weighted by Gasteiger charge is 2.10. The van der Waals surface area contributed by atoms with Gasteiger partial charge in [-0.2, -0.15) is 5.10 Å². The highest BCUT2D eigenvalue weighted by molar-refractivity contribution is 5.84. The molecule has 0 atom stereocenters. The Balaban J connectivity index is 1.68. The van der Waals surface area contributed by atoms with E-state index in [4.69, 9.17) is 5.11 Å². The zero-order valence-corrected chi connectivity index (χ0v) is 10.6. The molecule has 0 aliphatic heterocycles. The van der Waals surface area contributed by atoms with Gasteiger partial charge in [0.25, 0.3) is 0 Å². The van der Waals surface area contributed by atoms with Gasteiger partial charge in [0.15, 0.2) is 5.69 Å². The maximum absolute atomic E-state index is 11.6. The summed E-state index contributed by atoms with van der Waals surface area (Å²) in [6, 6.07) is 1.84. The number of hydrogen-bond donors (Lipinski definition) is 2. The van der Waals surface area contributed by atoms with Crippen LogP contribution in [0.2, 0.25) is 0 Å². The van der Waals surface area contributed by atoms with E-state index in [-0.39, 0.29) is 18.1 Å². The number of hydrogen-bond acceptors (Lipinski definition) is 5. The van der Waals surface area contributed by atoms with Gasteiger partial charge in [-0.3, -0.25) is 9.48 Å². The van der Waals surface area contributed by atoms with E-state index in [1.165, 1.54) is 10.9 Å². The number of aromatic carboxylic acids is 1. The quantitative estimate of drug-likeness (QED) is 0.652. The first kappa shape index (κ1) is 13.7. The summed E-state index contributed by atoms with van der Waals surface area (Å²) in [5.41, 5.74) is -0.184. The average Bonchev–Trinajstić information content (AvgIpc) is 3.05. The molecular formula is C11H14N6O3. The largest absolute Gasteiger partial charge is 0.476 e. The van der Waals surface area contributed by atoms with E-state index in [1.807, 2.05) is 12.3 Å². The van der Waals surface area contributed by atoms with Crippen LogP contribution in [0.1, 0.15) is 16.9 Å². The summed E-state index contributed by atoms with van der Waals surface area (Å²) in [6.07, 6.45) is 5.52. The molecule has 0 aromatic carbocycles. The smallest absolute Gasteiger partial charge is 0.358 e. The van der Waals surface area contributed by atoms with Crippen molar-refractivity contribution in [2.75, 3.05) is 6.54 Å². The number of aryl methyl sites for hydroxylation is 1. The van der Waals surface area contributed by atoms with Gasteiger partial charge in [0.1, 0.15) is 6.54 Å². The number of carboxylic acid groups (broad SMARTS) is 1. The third kappa shape index (κ3) is 3.90. The molecule has 20 heavy (non-hydrogen) atoms. The monoisotopic (exact) mass is 278 g/mol. The molecule has 1 amide bonds. The Kier molecular flexibility index (Phi) is 4.43. The molecule has 0 bridgehead atoms. The second kappa shape index (κ2) is 6.45. The summed E-state index contributed by atoms with van der Waals surface area (Å²) in [7, 11) is 0. The van der Waals surface area contributed by atoms with Crippen molar-refractivity contribution in [3.05, 3.63) is 30.4 Å². The number of rotatable bonds is 7. The zero-order chi connectivity index (χ0) is 14.4. The Hall–Kier alpha value is -2.71. The fraction of sp³-hybridized carbons (Fsp3) is 0.364. The summed E-state index contributed by atoms with van der Waals surface area (Å²) >= 11 is 0. The maximum Gasteiger partial charge on any atom is 0.358 e. The minimum Gasteiger partial charge on any atom is -0.476 e. The molecule has 2 aromatic rings. The number of aromatic nitrogens is 5. The topological polar surface area (TPSA) is 115 Å². The zero-order valence-electron chi connectivity index (χ0n) is 10.6. The molecule has 0 unspecified atom stereocenters. The van der Waals surface area contributed by atoms with Crippen molar-refractivity contribution in [2.24, 2.45) is 0 Å². The van der Waals surface area contributed by atoms with E-state index in [2.05, 4.69) is 20.7 Å². The molecule has 0 spiro atoms. The summed E-state index contributed by atoms with van der Waals surface area (Å²) in [4.78, 5) is 22.2. The lowest BCUT2D eigenvalue weighted by molar-refractivity contribution is -0.121. The highest BCUT2D eigenvalue weighted by Crippen LogP contribution is 1.93. The lowest BCUT2D eigenvalue weighted by Crippen LogP contribution is -2.29. The average molecular weight is 278 g/mol. The van der Waals surface area contributed by atoms with Gasteiger partial charge in [-0.05, 0) is 12.5 Å². The Labute approximate surface area is 114 Å². The Morgan fingerprint density at radius 3 is 2.85 bits per heavy atom. The van der Waals surface area contributed by atoms with E-state index < -0.39 is 5.97 Å². The van der Waals surface area contributed by atoms with Crippen molar-refractivity contribution in [1.29, 1.82) is 0 Å². The molecule has 2 N–H and O–H groups in total. The molecular weight excluding hydrogens is 264 g/mol. The first-order chi connectivity index (χ1) is 9.65. The minimum atomic E-state index is -1.17. The van der Waals surface area contributed by atoms with E-state index in [1.54, 1.807) is 10.9 Å². The Morgan fingerprint density at radius 2 is 2.20 bits per heavy atom. The van der Waals surface area contributed by atoms with Crippen LogP contribution in [0.25, 0.3) is 0 Å². The first-order valence-electron chi connectivity index (χ1n) is 6.02. The molecule has 0 aliphatic carbocycles. The van der Waals surface area contributed by atoms with Crippen LogP contribution in [-0.4, -0.2) is 48.3 Å². The second-order valence-electron chi connectivity index (χ2n) is 4.08. The van der Waals surface area contributed by atoms with Crippen LogP contribution in [-0.2, 0) is 17.9 Å². The van der Waals surface area contributed by atoms with Crippen LogP contribution in [0.4, 0.5) is 0 Å². The van der Waals surface area contributed by atoms with Crippen LogP contribution in [0.3, 0.4) is 0 Å². The molecule has 0 saturated heterocycles. The Morgan fingerprint density at radius 1 is 1.35 bits per heavy atom. The van der Waals surface area contributed by atoms with Gasteiger partial charge in [0.2, 0.25) is 5.91 Å². The number of carbonyl (C=O) groups is 2. The van der Waals surface area contributed by atoms with Gasteiger partial charge in [-0.25, -0.2) is 9.48 Å². The van der Waals surface area contributed by atoms with Crippen LogP contribution in [0, 0.1) is 0 Å². The van der Waals surface area contributed by atoms with Crippen LogP contribution >= 0.6 is 0 Å². The lowest BCUT2D eigenvalue weighted by Gasteiger charge is -2.05. The molecule has 0 radical (unpaired) electrons. The second-order valence-corrected chi connectivity index (χ2v) is 4.08. The number of carbonyl (C=O) groups excluding carboxylic acids is 1. The maximum atomic E-state index is 11.6. The summed E-state index contributed by atoms with van der Waals surface area (Å²) in [5.74, 6) is -1.41. The van der Waals surface area contributed by atoms with Crippen molar-refractivity contribution in [3.8, 4) is 0 Å². The minimum absolute atomic E-state index is 0.0535. The van der Waals surface area contributed by atoms with Crippen LogP contribution in [0.5, 0.6) is 0 Å². The molecule has 0 fully saturated rings. The molecule has 2 aromatic heterocycles. The first-order valence-corrected chi connectivity index (χ1v) is 6.02. The summed E-state index contributed by atoms with van der Waals surface area (Å²) in [5, 5.41) is 22.4. The van der Waals surface area contributed by atoms with Gasteiger partial charge < -0.3 is 10.4 Å². The predicted molar refractivity (Wildman–Crippen MR) is 66.8 cm³/mol. The fourth-order valence-corrected chi connectivity index (χ4v) is 1.58. The number of nitrogens with one attached hydrogen (secondary N) is 1. The van der Waals surface area contributed by atoms with Gasteiger partial charge in [-0.1, -0.05) is 5.21 Å². The predicted octanol–water partition coefficient (Wildman–Crippen LogP) is -0.621. The third-order valence-corrected chi connectivity index (χ3v) is 2.51. The lowest BCUT2D eigenvalue weighted by atomic mass is 10.4. The van der Waals surface area contributed by atoms with E-state index >= 15 is 0 Å².